The Morgan fingerprint density at radius 2 is 1.62 bits per heavy atom. The molecule has 0 aromatic heterocycles. The van der Waals surface area contributed by atoms with Gasteiger partial charge in [-0.1, -0.05) is 37.1 Å². The Morgan fingerprint density at radius 3 is 2.08 bits per heavy atom. The minimum atomic E-state index is -1.71. The summed E-state index contributed by atoms with van der Waals surface area (Å²) in [6.45, 7) is 6.61. The Kier molecular flexibility index (Phi) is 5.00. The molecule has 0 saturated heterocycles. The third-order valence-electron chi connectivity index (χ3n) is 4.34. The van der Waals surface area contributed by atoms with Gasteiger partial charge in [-0.05, 0) is 25.2 Å². The second-order valence-corrected chi connectivity index (χ2v) is 7.10. The summed E-state index contributed by atoms with van der Waals surface area (Å²) in [6.07, 6.45) is 1.93. The zero-order valence-corrected chi connectivity index (χ0v) is 14.4. The zero-order valence-electron chi connectivity index (χ0n) is 13.6. The van der Waals surface area contributed by atoms with Crippen molar-refractivity contribution < 1.29 is 27.1 Å². The van der Waals surface area contributed by atoms with E-state index in [4.69, 9.17) is 16.3 Å². The lowest BCUT2D eigenvalue weighted by atomic mass is 10.1. The van der Waals surface area contributed by atoms with Gasteiger partial charge in [-0.2, -0.15) is 0 Å². The summed E-state index contributed by atoms with van der Waals surface area (Å²) < 4.78 is 59.1. The monoisotopic (exact) mass is 364 g/mol. The van der Waals surface area contributed by atoms with E-state index >= 15 is 0 Å². The Balaban J connectivity index is 2.16. The summed E-state index contributed by atoms with van der Waals surface area (Å²) in [5.41, 5.74) is -0.315. The summed E-state index contributed by atoms with van der Waals surface area (Å²) in [5.74, 6) is -7.95. The fourth-order valence-corrected chi connectivity index (χ4v) is 2.97. The molecule has 0 amide bonds. The van der Waals surface area contributed by atoms with Crippen LogP contribution in [0.4, 0.5) is 17.6 Å². The highest BCUT2D eigenvalue weighted by atomic mass is 35.5. The Morgan fingerprint density at radius 1 is 1.12 bits per heavy atom. The lowest BCUT2D eigenvalue weighted by molar-refractivity contribution is -0.147. The van der Waals surface area contributed by atoms with Gasteiger partial charge in [0.1, 0.15) is 11.6 Å². The molecular weight excluding hydrogens is 348 g/mol. The molecule has 0 bridgehead atoms. The molecule has 0 N–H and O–H groups in total. The molecule has 1 fully saturated rings. The van der Waals surface area contributed by atoms with E-state index in [0.29, 0.717) is 0 Å². The summed E-state index contributed by atoms with van der Waals surface area (Å²) in [7, 11) is 0. The third kappa shape index (κ3) is 3.16. The molecule has 1 aromatic rings. The van der Waals surface area contributed by atoms with Gasteiger partial charge < -0.3 is 4.74 Å². The first kappa shape index (κ1) is 18.8. The van der Waals surface area contributed by atoms with Crippen molar-refractivity contribution >= 4 is 17.6 Å². The van der Waals surface area contributed by atoms with E-state index in [-0.39, 0.29) is 11.3 Å². The number of carbonyl (C=O) groups excluding carboxylic acids is 1. The molecule has 132 valence electrons. The van der Waals surface area contributed by atoms with E-state index in [1.54, 1.807) is 0 Å². The van der Waals surface area contributed by atoms with Crippen LogP contribution in [-0.4, -0.2) is 5.97 Å². The molecule has 1 saturated carbocycles. The maximum Gasteiger partial charge on any atom is 0.310 e. The average Bonchev–Trinajstić information content (AvgIpc) is 3.02. The number of rotatable bonds is 4. The van der Waals surface area contributed by atoms with Gasteiger partial charge >= 0.3 is 5.97 Å². The van der Waals surface area contributed by atoms with Crippen LogP contribution in [0.25, 0.3) is 0 Å². The van der Waals surface area contributed by atoms with Crippen LogP contribution in [0.1, 0.15) is 33.3 Å². The fourth-order valence-electron chi connectivity index (χ4n) is 2.81. The molecule has 2 nitrogen and oxygen atoms in total. The van der Waals surface area contributed by atoms with E-state index in [1.165, 1.54) is 0 Å². The predicted octanol–water partition coefficient (Wildman–Crippen LogP) is 5.18. The van der Waals surface area contributed by atoms with E-state index in [0.717, 1.165) is 5.57 Å². The molecule has 0 radical (unpaired) electrons. The van der Waals surface area contributed by atoms with Gasteiger partial charge in [-0.15, -0.1) is 0 Å². The quantitative estimate of drug-likeness (QED) is 0.242. The van der Waals surface area contributed by atoms with Crippen LogP contribution < -0.4 is 0 Å². The number of esters is 1. The number of halogens is 5. The van der Waals surface area contributed by atoms with Crippen molar-refractivity contribution in [1.82, 2.24) is 0 Å². The van der Waals surface area contributed by atoms with Crippen LogP contribution in [0.2, 0.25) is 5.02 Å². The summed E-state index contributed by atoms with van der Waals surface area (Å²) in [6, 6.07) is 0. The number of hydrogen-bond acceptors (Lipinski definition) is 2. The molecule has 1 aliphatic carbocycles. The lowest BCUT2D eigenvalue weighted by Crippen LogP contribution is -2.13. The Labute approximate surface area is 142 Å². The molecule has 2 unspecified atom stereocenters. The first-order chi connectivity index (χ1) is 11.0. The van der Waals surface area contributed by atoms with Crippen molar-refractivity contribution in [1.29, 1.82) is 0 Å². The van der Waals surface area contributed by atoms with Crippen LogP contribution in [0.3, 0.4) is 0 Å². The summed E-state index contributed by atoms with van der Waals surface area (Å²) in [4.78, 5) is 12.1. The van der Waals surface area contributed by atoms with Gasteiger partial charge in [-0.25, -0.2) is 17.6 Å². The Bertz CT molecular complexity index is 695. The maximum absolute atomic E-state index is 13.7. The summed E-state index contributed by atoms with van der Waals surface area (Å²) >= 11 is 5.14. The number of allylic oxidation sites excluding steroid dienone is 2. The zero-order chi connectivity index (χ0) is 18.4. The van der Waals surface area contributed by atoms with E-state index in [1.807, 2.05) is 33.8 Å². The minimum Gasteiger partial charge on any atom is -0.460 e. The molecule has 0 spiro atoms. The van der Waals surface area contributed by atoms with Crippen LogP contribution in [0, 0.1) is 40.5 Å². The summed E-state index contributed by atoms with van der Waals surface area (Å²) in [5, 5.41) is -1.27. The third-order valence-corrected chi connectivity index (χ3v) is 4.67. The number of benzene rings is 1. The Hall–Kier alpha value is -1.56. The highest BCUT2D eigenvalue weighted by Crippen LogP contribution is 2.59. The predicted molar refractivity (Wildman–Crippen MR) is 81.3 cm³/mol. The number of carbonyl (C=O) groups is 1. The second-order valence-electron chi connectivity index (χ2n) is 6.73. The van der Waals surface area contributed by atoms with Gasteiger partial charge in [0.25, 0.3) is 0 Å². The molecule has 24 heavy (non-hydrogen) atoms. The van der Waals surface area contributed by atoms with E-state index < -0.39 is 52.3 Å². The van der Waals surface area contributed by atoms with Crippen molar-refractivity contribution in [2.45, 2.75) is 34.3 Å². The number of hydrogen-bond donors (Lipinski definition) is 0. The van der Waals surface area contributed by atoms with Gasteiger partial charge in [-0.3, -0.25) is 4.79 Å². The largest absolute Gasteiger partial charge is 0.460 e. The van der Waals surface area contributed by atoms with Crippen molar-refractivity contribution in [2.24, 2.45) is 17.3 Å². The van der Waals surface area contributed by atoms with Crippen molar-refractivity contribution in [3.63, 3.8) is 0 Å². The molecular formula is C17H17ClF4O2. The van der Waals surface area contributed by atoms with Crippen molar-refractivity contribution in [3.8, 4) is 0 Å². The molecule has 1 aromatic carbocycles. The first-order valence-electron chi connectivity index (χ1n) is 7.32. The molecule has 7 heteroatoms. The molecule has 2 rings (SSSR count). The first-order valence-corrected chi connectivity index (χ1v) is 7.69. The highest BCUT2D eigenvalue weighted by Gasteiger charge is 2.61. The van der Waals surface area contributed by atoms with Crippen LogP contribution in [0.15, 0.2) is 11.6 Å². The molecule has 0 heterocycles. The van der Waals surface area contributed by atoms with Crippen LogP contribution in [-0.2, 0) is 16.1 Å². The van der Waals surface area contributed by atoms with Crippen molar-refractivity contribution in [3.05, 3.63) is 45.5 Å². The van der Waals surface area contributed by atoms with Crippen LogP contribution in [0.5, 0.6) is 0 Å². The highest BCUT2D eigenvalue weighted by molar-refractivity contribution is 6.30. The topological polar surface area (TPSA) is 26.3 Å². The number of ether oxygens (including phenoxy) is 1. The standard InChI is InChI=1S/C17H17ClF4O2/c1-7(2)5-9-10(17(9,3)4)16(23)24-6-8-12(19)14(21)11(18)15(22)13(8)20/h5,9-10H,6H2,1-4H3. The van der Waals surface area contributed by atoms with Crippen LogP contribution >= 0.6 is 11.6 Å². The van der Waals surface area contributed by atoms with Gasteiger partial charge in [0.15, 0.2) is 23.3 Å². The van der Waals surface area contributed by atoms with Gasteiger partial charge in [0.05, 0.1) is 11.5 Å². The normalized spacial score (nSPS) is 21.4. The van der Waals surface area contributed by atoms with E-state index in [2.05, 4.69) is 0 Å². The second kappa shape index (κ2) is 6.39. The van der Waals surface area contributed by atoms with Crippen molar-refractivity contribution in [2.75, 3.05) is 0 Å². The lowest BCUT2D eigenvalue weighted by Gasteiger charge is -2.10. The molecule has 2 atom stereocenters. The van der Waals surface area contributed by atoms with E-state index in [9.17, 15) is 22.4 Å². The molecule has 1 aliphatic rings. The smallest absolute Gasteiger partial charge is 0.310 e. The minimum absolute atomic E-state index is 0.0524. The van der Waals surface area contributed by atoms with Gasteiger partial charge in [0.2, 0.25) is 0 Å². The van der Waals surface area contributed by atoms with Gasteiger partial charge in [0, 0.05) is 0 Å². The SMILES string of the molecule is CC(C)=CC1C(C(=O)OCc2c(F)c(F)c(Cl)c(F)c2F)C1(C)C. The fraction of sp³-hybridized carbons (Fsp3) is 0.471. The molecule has 0 aliphatic heterocycles. The average molecular weight is 365 g/mol. The maximum atomic E-state index is 13.7.